The molecule has 2 aromatic carbocycles. The van der Waals surface area contributed by atoms with Crippen LogP contribution in [-0.2, 0) is 11.3 Å². The number of carbonyl (C=O) groups excluding carboxylic acids is 1. The first-order valence-electron chi connectivity index (χ1n) is 7.44. The van der Waals surface area contributed by atoms with Crippen molar-refractivity contribution in [1.82, 2.24) is 9.97 Å². The van der Waals surface area contributed by atoms with Crippen molar-refractivity contribution >= 4 is 38.3 Å². The van der Waals surface area contributed by atoms with Gasteiger partial charge < -0.3 is 9.72 Å². The van der Waals surface area contributed by atoms with Gasteiger partial charge in [-0.2, -0.15) is 0 Å². The number of thiophene rings is 1. The number of para-hydroxylation sites is 1. The van der Waals surface area contributed by atoms with Crippen molar-refractivity contribution in [2.24, 2.45) is 0 Å². The van der Waals surface area contributed by atoms with Gasteiger partial charge in [0.15, 0.2) is 0 Å². The van der Waals surface area contributed by atoms with Crippen molar-refractivity contribution in [3.8, 4) is 0 Å². The summed E-state index contributed by atoms with van der Waals surface area (Å²) in [5, 5.41) is 1.12. The van der Waals surface area contributed by atoms with Gasteiger partial charge in [-0.05, 0) is 41.8 Å². The molecule has 0 aliphatic carbocycles. The summed E-state index contributed by atoms with van der Waals surface area (Å²) in [5.41, 5.74) is 0.253. The van der Waals surface area contributed by atoms with Crippen molar-refractivity contribution in [2.45, 2.75) is 6.61 Å². The molecule has 7 heteroatoms. The van der Waals surface area contributed by atoms with Crippen LogP contribution < -0.4 is 5.56 Å². The zero-order valence-corrected chi connectivity index (χ0v) is 13.6. The van der Waals surface area contributed by atoms with Crippen LogP contribution in [0, 0.1) is 5.82 Å². The van der Waals surface area contributed by atoms with Crippen LogP contribution in [0.2, 0.25) is 0 Å². The number of hydrogen-bond acceptors (Lipinski definition) is 5. The fourth-order valence-corrected chi connectivity index (χ4v) is 3.46. The highest BCUT2D eigenvalue weighted by Gasteiger charge is 2.13. The molecule has 2 heterocycles. The summed E-state index contributed by atoms with van der Waals surface area (Å²) in [6.45, 7) is -0.151. The summed E-state index contributed by atoms with van der Waals surface area (Å²) in [6.07, 6.45) is 0. The molecule has 2 aromatic heterocycles. The Balaban J connectivity index is 1.55. The molecule has 0 fully saturated rings. The van der Waals surface area contributed by atoms with E-state index in [4.69, 9.17) is 4.74 Å². The van der Waals surface area contributed by atoms with Crippen molar-refractivity contribution < 1.29 is 13.9 Å². The van der Waals surface area contributed by atoms with Crippen LogP contribution in [-0.4, -0.2) is 15.9 Å². The number of aromatic amines is 1. The van der Waals surface area contributed by atoms with Crippen LogP contribution in [0.4, 0.5) is 4.39 Å². The van der Waals surface area contributed by atoms with Gasteiger partial charge in [0.25, 0.3) is 5.56 Å². The lowest BCUT2D eigenvalue weighted by molar-refractivity contribution is 0.0468. The topological polar surface area (TPSA) is 72.0 Å². The maximum absolute atomic E-state index is 13.2. The molecule has 0 bridgehead atoms. The lowest BCUT2D eigenvalue weighted by atomic mass is 10.2. The standard InChI is InChI=1S/C18H11FN2O3S/c19-11-5-6-14-10(7-11)8-15(25-14)18(23)24-9-16-20-13-4-2-1-3-12(13)17(22)21-16/h1-8H,9H2,(H,20,21,22). The van der Waals surface area contributed by atoms with Gasteiger partial charge in [-0.3, -0.25) is 4.79 Å². The lowest BCUT2D eigenvalue weighted by Crippen LogP contribution is -2.14. The molecule has 0 aliphatic heterocycles. The van der Waals surface area contributed by atoms with Crippen molar-refractivity contribution in [3.05, 3.63) is 75.4 Å². The first kappa shape index (κ1) is 15.5. The minimum atomic E-state index is -0.544. The molecule has 4 rings (SSSR count). The monoisotopic (exact) mass is 354 g/mol. The highest BCUT2D eigenvalue weighted by atomic mass is 32.1. The molecule has 4 aromatic rings. The summed E-state index contributed by atoms with van der Waals surface area (Å²) in [4.78, 5) is 31.4. The minimum Gasteiger partial charge on any atom is -0.453 e. The normalized spacial score (nSPS) is 11.1. The quantitative estimate of drug-likeness (QED) is 0.570. The highest BCUT2D eigenvalue weighted by Crippen LogP contribution is 2.27. The van der Waals surface area contributed by atoms with Gasteiger partial charge >= 0.3 is 5.97 Å². The van der Waals surface area contributed by atoms with E-state index in [1.165, 1.54) is 23.5 Å². The number of carbonyl (C=O) groups is 1. The number of benzene rings is 2. The Morgan fingerprint density at radius 1 is 1.20 bits per heavy atom. The Hall–Kier alpha value is -3.06. The third-order valence-corrected chi connectivity index (χ3v) is 4.78. The van der Waals surface area contributed by atoms with E-state index in [2.05, 4.69) is 9.97 Å². The van der Waals surface area contributed by atoms with Crippen LogP contribution in [0.3, 0.4) is 0 Å². The number of nitrogens with zero attached hydrogens (tertiary/aromatic N) is 1. The highest BCUT2D eigenvalue weighted by molar-refractivity contribution is 7.20. The largest absolute Gasteiger partial charge is 0.453 e. The predicted octanol–water partition coefficient (Wildman–Crippen LogP) is 3.63. The summed E-state index contributed by atoms with van der Waals surface area (Å²) < 4.78 is 19.2. The summed E-state index contributed by atoms with van der Waals surface area (Å²) >= 11 is 1.22. The van der Waals surface area contributed by atoms with Crippen LogP contribution in [0.15, 0.2) is 53.3 Å². The molecule has 0 radical (unpaired) electrons. The first-order valence-corrected chi connectivity index (χ1v) is 8.26. The Bertz CT molecular complexity index is 1170. The number of halogens is 1. The van der Waals surface area contributed by atoms with Crippen molar-refractivity contribution in [2.75, 3.05) is 0 Å². The third kappa shape index (κ3) is 3.01. The fourth-order valence-electron chi connectivity index (χ4n) is 2.52. The molecule has 5 nitrogen and oxygen atoms in total. The van der Waals surface area contributed by atoms with E-state index in [1.54, 1.807) is 36.4 Å². The number of ether oxygens (including phenoxy) is 1. The second-order valence-corrected chi connectivity index (χ2v) is 6.48. The third-order valence-electron chi connectivity index (χ3n) is 3.68. The lowest BCUT2D eigenvalue weighted by Gasteiger charge is -2.04. The molecule has 0 atom stereocenters. The van der Waals surface area contributed by atoms with Gasteiger partial charge in [0.05, 0.1) is 10.9 Å². The van der Waals surface area contributed by atoms with E-state index >= 15 is 0 Å². The smallest absolute Gasteiger partial charge is 0.348 e. The summed E-state index contributed by atoms with van der Waals surface area (Å²) in [7, 11) is 0. The second-order valence-electron chi connectivity index (χ2n) is 5.40. The number of nitrogens with one attached hydrogen (secondary N) is 1. The zero-order chi connectivity index (χ0) is 17.4. The number of aromatic nitrogens is 2. The molecule has 0 aliphatic rings. The van der Waals surface area contributed by atoms with Crippen LogP contribution >= 0.6 is 11.3 Å². The number of H-pyrrole nitrogens is 1. The fraction of sp³-hybridized carbons (Fsp3) is 0.0556. The van der Waals surface area contributed by atoms with E-state index in [0.29, 0.717) is 21.2 Å². The molecule has 0 unspecified atom stereocenters. The van der Waals surface area contributed by atoms with E-state index in [1.807, 2.05) is 0 Å². The van der Waals surface area contributed by atoms with Crippen molar-refractivity contribution in [3.63, 3.8) is 0 Å². The average molecular weight is 354 g/mol. The zero-order valence-electron chi connectivity index (χ0n) is 12.8. The Kier molecular flexibility index (Phi) is 3.77. The SMILES string of the molecule is O=C(OCc1nc2ccccc2c(=O)[nH]1)c1cc2cc(F)ccc2s1. The maximum Gasteiger partial charge on any atom is 0.348 e. The summed E-state index contributed by atoms with van der Waals surface area (Å²) in [5.74, 6) is -0.634. The van der Waals surface area contributed by atoms with E-state index in [-0.39, 0.29) is 23.8 Å². The minimum absolute atomic E-state index is 0.151. The van der Waals surface area contributed by atoms with Gasteiger partial charge in [-0.15, -0.1) is 11.3 Å². The first-order chi connectivity index (χ1) is 12.1. The van der Waals surface area contributed by atoms with Gasteiger partial charge in [0.1, 0.15) is 23.1 Å². The number of esters is 1. The van der Waals surface area contributed by atoms with Crippen LogP contribution in [0.5, 0.6) is 0 Å². The number of hydrogen-bond donors (Lipinski definition) is 1. The van der Waals surface area contributed by atoms with Gasteiger partial charge in [-0.25, -0.2) is 14.2 Å². The Labute approximate surface area is 144 Å². The van der Waals surface area contributed by atoms with Gasteiger partial charge in [0.2, 0.25) is 0 Å². The Morgan fingerprint density at radius 2 is 2.04 bits per heavy atom. The van der Waals surface area contributed by atoms with E-state index in [0.717, 1.165) is 4.70 Å². The average Bonchev–Trinajstić information content (AvgIpc) is 3.03. The molecular weight excluding hydrogens is 343 g/mol. The molecule has 0 amide bonds. The van der Waals surface area contributed by atoms with Crippen LogP contribution in [0.1, 0.15) is 15.5 Å². The van der Waals surface area contributed by atoms with Crippen LogP contribution in [0.25, 0.3) is 21.0 Å². The molecule has 124 valence electrons. The number of rotatable bonds is 3. The van der Waals surface area contributed by atoms with Crippen molar-refractivity contribution in [1.29, 1.82) is 0 Å². The van der Waals surface area contributed by atoms with Gasteiger partial charge in [0, 0.05) is 4.70 Å². The molecule has 25 heavy (non-hydrogen) atoms. The molecule has 0 saturated heterocycles. The van der Waals surface area contributed by atoms with E-state index < -0.39 is 5.97 Å². The van der Waals surface area contributed by atoms with Gasteiger partial charge in [-0.1, -0.05) is 12.1 Å². The second kappa shape index (κ2) is 6.10. The maximum atomic E-state index is 13.2. The molecule has 0 spiro atoms. The summed E-state index contributed by atoms with van der Waals surface area (Å²) in [6, 6.07) is 12.8. The molecule has 0 saturated carbocycles. The number of fused-ring (bicyclic) bond motifs is 2. The predicted molar refractivity (Wildman–Crippen MR) is 93.3 cm³/mol. The van der Waals surface area contributed by atoms with E-state index in [9.17, 15) is 14.0 Å². The Morgan fingerprint density at radius 3 is 2.92 bits per heavy atom. The molecule has 1 N–H and O–H groups in total. The molecular formula is C18H11FN2O3S.